The average Bonchev–Trinajstić information content (AvgIpc) is 3.08. The van der Waals surface area contributed by atoms with Crippen LogP contribution in [0.2, 0.25) is 0 Å². The normalized spacial score (nSPS) is 19.8. The fourth-order valence-corrected chi connectivity index (χ4v) is 3.43. The summed E-state index contributed by atoms with van der Waals surface area (Å²) in [4.78, 5) is 9.32. The number of aromatic nitrogens is 5. The Kier molecular flexibility index (Phi) is 5.57. The van der Waals surface area contributed by atoms with Crippen LogP contribution in [0.5, 0.6) is 0 Å². The molecule has 2 aromatic rings. The lowest BCUT2D eigenvalue weighted by atomic mass is 10.1. The predicted octanol–water partition coefficient (Wildman–Crippen LogP) is 1.38. The van der Waals surface area contributed by atoms with Crippen LogP contribution in [0.15, 0.2) is 10.7 Å². The third-order valence-electron chi connectivity index (χ3n) is 4.82. The molecule has 0 aliphatic carbocycles. The summed E-state index contributed by atoms with van der Waals surface area (Å²) in [6, 6.07) is 0.573. The van der Waals surface area contributed by atoms with E-state index in [0.29, 0.717) is 11.9 Å². The van der Waals surface area contributed by atoms with E-state index in [1.54, 1.807) is 0 Å². The van der Waals surface area contributed by atoms with Gasteiger partial charge in [-0.25, -0.2) is 0 Å². The molecule has 1 aliphatic rings. The number of hydrogen-bond donors (Lipinski definition) is 0. The Bertz CT molecular complexity index is 638. The van der Waals surface area contributed by atoms with Gasteiger partial charge in [0.2, 0.25) is 5.89 Å². The van der Waals surface area contributed by atoms with Gasteiger partial charge in [-0.15, -0.1) is 5.10 Å². The lowest BCUT2D eigenvalue weighted by molar-refractivity contribution is 0.170. The maximum absolute atomic E-state index is 5.10. The molecule has 0 unspecified atom stereocenters. The summed E-state index contributed by atoms with van der Waals surface area (Å²) in [6.45, 7) is 8.96. The van der Waals surface area contributed by atoms with Crippen LogP contribution in [0.4, 0.5) is 0 Å². The summed E-state index contributed by atoms with van der Waals surface area (Å²) in [5.74, 6) is 1.43. The standard InChI is InChI=1S/C16H27N7O/c1-4-23(12-16-18-13(2)24-19-16)14-6-5-8-22(9-7-14)11-15-10-17-20-21(15)3/h10,14H,4-9,11-12H2,1-3H3/t14-/m1/s1. The van der Waals surface area contributed by atoms with Gasteiger partial charge in [0.25, 0.3) is 0 Å². The number of nitrogens with zero attached hydrogens (tertiary/aromatic N) is 7. The highest BCUT2D eigenvalue weighted by Gasteiger charge is 2.23. The molecule has 3 rings (SSSR count). The first-order valence-corrected chi connectivity index (χ1v) is 8.75. The van der Waals surface area contributed by atoms with Crippen LogP contribution in [0.3, 0.4) is 0 Å². The molecule has 1 fully saturated rings. The molecule has 0 aromatic carbocycles. The molecule has 8 heteroatoms. The van der Waals surface area contributed by atoms with E-state index in [9.17, 15) is 0 Å². The van der Waals surface area contributed by atoms with Gasteiger partial charge in [-0.1, -0.05) is 17.3 Å². The summed E-state index contributed by atoms with van der Waals surface area (Å²) in [5.41, 5.74) is 1.17. The second-order valence-corrected chi connectivity index (χ2v) is 6.50. The maximum atomic E-state index is 5.10. The van der Waals surface area contributed by atoms with E-state index in [1.165, 1.54) is 18.5 Å². The Morgan fingerprint density at radius 2 is 2.21 bits per heavy atom. The molecular weight excluding hydrogens is 306 g/mol. The monoisotopic (exact) mass is 333 g/mol. The van der Waals surface area contributed by atoms with Crippen molar-refractivity contribution in [3.05, 3.63) is 23.6 Å². The predicted molar refractivity (Wildman–Crippen MR) is 89.0 cm³/mol. The minimum atomic E-state index is 0.573. The summed E-state index contributed by atoms with van der Waals surface area (Å²) < 4.78 is 6.96. The van der Waals surface area contributed by atoms with Crippen LogP contribution < -0.4 is 0 Å². The van der Waals surface area contributed by atoms with Crippen molar-refractivity contribution >= 4 is 0 Å². The molecule has 0 N–H and O–H groups in total. The smallest absolute Gasteiger partial charge is 0.223 e. The van der Waals surface area contributed by atoms with Gasteiger partial charge in [-0.3, -0.25) is 14.5 Å². The first kappa shape index (κ1) is 17.0. The molecule has 8 nitrogen and oxygen atoms in total. The van der Waals surface area contributed by atoms with Crippen molar-refractivity contribution in [1.82, 2.24) is 34.9 Å². The van der Waals surface area contributed by atoms with E-state index in [-0.39, 0.29) is 0 Å². The zero-order valence-corrected chi connectivity index (χ0v) is 14.9. The van der Waals surface area contributed by atoms with Gasteiger partial charge < -0.3 is 4.52 Å². The quantitative estimate of drug-likeness (QED) is 0.790. The van der Waals surface area contributed by atoms with Gasteiger partial charge in [0, 0.05) is 33.1 Å². The third kappa shape index (κ3) is 4.18. The van der Waals surface area contributed by atoms with Crippen LogP contribution >= 0.6 is 0 Å². The highest BCUT2D eigenvalue weighted by molar-refractivity contribution is 4.94. The molecule has 0 saturated carbocycles. The topological polar surface area (TPSA) is 76.1 Å². The van der Waals surface area contributed by atoms with Crippen molar-refractivity contribution in [2.24, 2.45) is 7.05 Å². The zero-order valence-electron chi connectivity index (χ0n) is 14.9. The average molecular weight is 333 g/mol. The van der Waals surface area contributed by atoms with Crippen LogP contribution in [0.1, 0.15) is 43.6 Å². The lowest BCUT2D eigenvalue weighted by Crippen LogP contribution is -2.36. The van der Waals surface area contributed by atoms with Crippen LogP contribution in [0.25, 0.3) is 0 Å². The summed E-state index contributed by atoms with van der Waals surface area (Å²) in [6.07, 6.45) is 5.44. The molecule has 0 amide bonds. The van der Waals surface area contributed by atoms with Crippen molar-refractivity contribution in [3.8, 4) is 0 Å². The van der Waals surface area contributed by atoms with Crippen LogP contribution in [-0.4, -0.2) is 60.6 Å². The van der Waals surface area contributed by atoms with Gasteiger partial charge >= 0.3 is 0 Å². The molecule has 2 aromatic heterocycles. The Morgan fingerprint density at radius 3 is 2.88 bits per heavy atom. The van der Waals surface area contributed by atoms with Crippen molar-refractivity contribution in [2.75, 3.05) is 19.6 Å². The summed E-state index contributed by atoms with van der Waals surface area (Å²) >= 11 is 0. The Labute approximate surface area is 142 Å². The highest BCUT2D eigenvalue weighted by Crippen LogP contribution is 2.19. The van der Waals surface area contributed by atoms with Crippen molar-refractivity contribution in [2.45, 2.75) is 52.2 Å². The van der Waals surface area contributed by atoms with Gasteiger partial charge in [0.05, 0.1) is 18.4 Å². The number of rotatable bonds is 6. The molecule has 0 bridgehead atoms. The van der Waals surface area contributed by atoms with E-state index in [1.807, 2.05) is 24.9 Å². The molecule has 132 valence electrons. The molecular formula is C16H27N7O. The van der Waals surface area contributed by atoms with Crippen LogP contribution in [0, 0.1) is 6.92 Å². The van der Waals surface area contributed by atoms with E-state index in [4.69, 9.17) is 4.52 Å². The fourth-order valence-electron chi connectivity index (χ4n) is 3.43. The van der Waals surface area contributed by atoms with Crippen molar-refractivity contribution < 1.29 is 4.52 Å². The minimum absolute atomic E-state index is 0.573. The van der Waals surface area contributed by atoms with E-state index in [0.717, 1.165) is 45.0 Å². The second kappa shape index (κ2) is 7.85. The van der Waals surface area contributed by atoms with Crippen molar-refractivity contribution in [1.29, 1.82) is 0 Å². The Balaban J connectivity index is 1.56. The van der Waals surface area contributed by atoms with E-state index in [2.05, 4.69) is 37.2 Å². The third-order valence-corrected chi connectivity index (χ3v) is 4.82. The Morgan fingerprint density at radius 1 is 1.33 bits per heavy atom. The number of likely N-dealkylation sites (tertiary alicyclic amines) is 1. The number of hydrogen-bond acceptors (Lipinski definition) is 7. The molecule has 24 heavy (non-hydrogen) atoms. The van der Waals surface area contributed by atoms with Crippen molar-refractivity contribution in [3.63, 3.8) is 0 Å². The van der Waals surface area contributed by atoms with Gasteiger partial charge in [0.15, 0.2) is 5.82 Å². The molecule has 1 aliphatic heterocycles. The van der Waals surface area contributed by atoms with E-state index >= 15 is 0 Å². The van der Waals surface area contributed by atoms with E-state index < -0.39 is 0 Å². The summed E-state index contributed by atoms with van der Waals surface area (Å²) in [5, 5.41) is 12.0. The second-order valence-electron chi connectivity index (χ2n) is 6.50. The maximum Gasteiger partial charge on any atom is 0.223 e. The molecule has 1 saturated heterocycles. The van der Waals surface area contributed by atoms with Gasteiger partial charge in [-0.05, 0) is 32.4 Å². The summed E-state index contributed by atoms with van der Waals surface area (Å²) in [7, 11) is 1.95. The molecule has 1 atom stereocenters. The lowest BCUT2D eigenvalue weighted by Gasteiger charge is -2.29. The number of aryl methyl sites for hydroxylation is 2. The van der Waals surface area contributed by atoms with Gasteiger partial charge in [0.1, 0.15) is 0 Å². The minimum Gasteiger partial charge on any atom is -0.340 e. The Hall–Kier alpha value is -1.80. The molecule has 3 heterocycles. The SMILES string of the molecule is CCN(Cc1noc(C)n1)[C@@H]1CCCN(Cc2cnnn2C)CC1. The fraction of sp³-hybridized carbons (Fsp3) is 0.750. The highest BCUT2D eigenvalue weighted by atomic mass is 16.5. The first-order valence-electron chi connectivity index (χ1n) is 8.75. The zero-order chi connectivity index (χ0) is 16.9. The van der Waals surface area contributed by atoms with Crippen LogP contribution in [-0.2, 0) is 20.1 Å². The van der Waals surface area contributed by atoms with Gasteiger partial charge in [-0.2, -0.15) is 4.98 Å². The largest absolute Gasteiger partial charge is 0.340 e. The molecule has 0 spiro atoms. The molecule has 0 radical (unpaired) electrons. The first-order chi connectivity index (χ1) is 11.7.